The molecular weight excluding hydrogens is 222 g/mol. The number of carboxylic acids is 1. The van der Waals surface area contributed by atoms with Gasteiger partial charge in [0.2, 0.25) is 5.91 Å². The van der Waals surface area contributed by atoms with Gasteiger partial charge in [0.25, 0.3) is 0 Å². The molecule has 3 N–H and O–H groups in total. The van der Waals surface area contributed by atoms with Crippen molar-refractivity contribution in [3.8, 4) is 0 Å². The second-order valence-corrected chi connectivity index (χ2v) is 4.62. The summed E-state index contributed by atoms with van der Waals surface area (Å²) in [4.78, 5) is 22.5. The first-order valence-electron chi connectivity index (χ1n) is 6.29. The van der Waals surface area contributed by atoms with E-state index in [0.29, 0.717) is 0 Å². The molecule has 5 heteroatoms. The molecule has 0 aromatic heterocycles. The predicted octanol–water partition coefficient (Wildman–Crippen LogP) is 0.909. The van der Waals surface area contributed by atoms with Gasteiger partial charge < -0.3 is 15.5 Å². The minimum Gasteiger partial charge on any atom is -0.480 e. The minimum absolute atomic E-state index is 0.0938. The maximum atomic E-state index is 11.9. The molecule has 5 nitrogen and oxygen atoms in total. The Labute approximate surface area is 101 Å². The fraction of sp³-hybridized carbons (Fsp3) is 0.833. The topological polar surface area (TPSA) is 86.6 Å². The molecular formula is C12H21NO4. The third kappa shape index (κ3) is 4.73. The zero-order valence-electron chi connectivity index (χ0n) is 10.0. The Morgan fingerprint density at radius 3 is 2.12 bits per heavy atom. The largest absolute Gasteiger partial charge is 0.480 e. The fourth-order valence-electron chi connectivity index (χ4n) is 2.19. The molecule has 0 aliphatic heterocycles. The molecule has 1 rings (SSSR count). The first-order chi connectivity index (χ1) is 8.15. The molecule has 0 saturated heterocycles. The fourth-order valence-corrected chi connectivity index (χ4v) is 2.19. The minimum atomic E-state index is -1.19. The van der Waals surface area contributed by atoms with Crippen molar-refractivity contribution in [2.24, 2.45) is 5.92 Å². The van der Waals surface area contributed by atoms with Crippen molar-refractivity contribution in [3.05, 3.63) is 0 Å². The Balaban J connectivity index is 2.46. The summed E-state index contributed by atoms with van der Waals surface area (Å²) >= 11 is 0. The normalized spacial score (nSPS) is 20.1. The summed E-state index contributed by atoms with van der Waals surface area (Å²) < 4.78 is 0. The first kappa shape index (κ1) is 14.0. The van der Waals surface area contributed by atoms with Gasteiger partial charge in [0.15, 0.2) is 0 Å². The van der Waals surface area contributed by atoms with Crippen molar-refractivity contribution in [1.82, 2.24) is 5.32 Å². The molecule has 0 bridgehead atoms. The number of hydrogen-bond donors (Lipinski definition) is 3. The van der Waals surface area contributed by atoms with Crippen LogP contribution in [0.25, 0.3) is 0 Å². The zero-order chi connectivity index (χ0) is 12.7. The quantitative estimate of drug-likeness (QED) is 0.685. The third-order valence-electron chi connectivity index (χ3n) is 3.27. The van der Waals surface area contributed by atoms with E-state index >= 15 is 0 Å². The third-order valence-corrected chi connectivity index (χ3v) is 3.27. The van der Waals surface area contributed by atoms with Crippen LogP contribution in [0.15, 0.2) is 0 Å². The Morgan fingerprint density at radius 1 is 1.12 bits per heavy atom. The van der Waals surface area contributed by atoms with Crippen molar-refractivity contribution in [2.45, 2.75) is 51.0 Å². The standard InChI is InChI=1S/C12H21NO4/c14-8-10(12(16)17)13-11(15)9-6-4-2-1-3-5-7-9/h9-10,14H,1-8H2,(H,13,15)(H,16,17)/t10-/m0/s1. The van der Waals surface area contributed by atoms with Crippen LogP contribution in [0.4, 0.5) is 0 Å². The number of aliphatic hydroxyl groups excluding tert-OH is 1. The summed E-state index contributed by atoms with van der Waals surface area (Å²) in [6.07, 6.45) is 7.21. The molecule has 0 spiro atoms. The smallest absolute Gasteiger partial charge is 0.328 e. The molecule has 1 fully saturated rings. The SMILES string of the molecule is O=C(N[C@@H](CO)C(=O)O)C1CCCCCCC1. The summed E-state index contributed by atoms with van der Waals surface area (Å²) in [5.41, 5.74) is 0. The molecule has 1 amide bonds. The van der Waals surface area contributed by atoms with Gasteiger partial charge in [0.05, 0.1) is 6.61 Å². The van der Waals surface area contributed by atoms with Crippen LogP contribution in [0.5, 0.6) is 0 Å². The highest BCUT2D eigenvalue weighted by atomic mass is 16.4. The van der Waals surface area contributed by atoms with Gasteiger partial charge >= 0.3 is 5.97 Å². The molecule has 1 atom stereocenters. The zero-order valence-corrected chi connectivity index (χ0v) is 10.0. The van der Waals surface area contributed by atoms with Crippen molar-refractivity contribution >= 4 is 11.9 Å². The monoisotopic (exact) mass is 243 g/mol. The van der Waals surface area contributed by atoms with Crippen molar-refractivity contribution in [2.75, 3.05) is 6.61 Å². The summed E-state index contributed by atoms with van der Waals surface area (Å²) in [6.45, 7) is -0.562. The second kappa shape index (κ2) is 7.27. The number of aliphatic carboxylic acids is 1. The van der Waals surface area contributed by atoms with E-state index in [1.165, 1.54) is 6.42 Å². The van der Waals surface area contributed by atoms with Crippen LogP contribution in [0.2, 0.25) is 0 Å². The first-order valence-corrected chi connectivity index (χ1v) is 6.29. The molecule has 0 aromatic rings. The lowest BCUT2D eigenvalue weighted by molar-refractivity contribution is -0.143. The van der Waals surface area contributed by atoms with Crippen LogP contribution in [-0.2, 0) is 9.59 Å². The highest BCUT2D eigenvalue weighted by molar-refractivity contribution is 5.85. The van der Waals surface area contributed by atoms with Gasteiger partial charge in [-0.2, -0.15) is 0 Å². The Kier molecular flexibility index (Phi) is 5.97. The predicted molar refractivity (Wildman–Crippen MR) is 62.5 cm³/mol. The second-order valence-electron chi connectivity index (χ2n) is 4.62. The summed E-state index contributed by atoms with van der Waals surface area (Å²) in [5, 5.41) is 20.0. The molecule has 17 heavy (non-hydrogen) atoms. The van der Waals surface area contributed by atoms with Gasteiger partial charge in [0, 0.05) is 5.92 Å². The van der Waals surface area contributed by atoms with E-state index in [1.54, 1.807) is 0 Å². The van der Waals surface area contributed by atoms with Crippen LogP contribution >= 0.6 is 0 Å². The maximum absolute atomic E-state index is 11.9. The number of rotatable bonds is 4. The molecule has 0 aromatic carbocycles. The van der Waals surface area contributed by atoms with E-state index in [1.807, 2.05) is 0 Å². The van der Waals surface area contributed by atoms with Crippen LogP contribution in [0, 0.1) is 5.92 Å². The van der Waals surface area contributed by atoms with E-state index in [9.17, 15) is 9.59 Å². The highest BCUT2D eigenvalue weighted by Crippen LogP contribution is 2.22. The number of carboxylic acid groups (broad SMARTS) is 1. The van der Waals surface area contributed by atoms with E-state index in [-0.39, 0.29) is 11.8 Å². The van der Waals surface area contributed by atoms with Gasteiger partial charge in [0.1, 0.15) is 6.04 Å². The van der Waals surface area contributed by atoms with Crippen LogP contribution in [0.3, 0.4) is 0 Å². The Bertz CT molecular complexity index is 259. The summed E-state index contributed by atoms with van der Waals surface area (Å²) in [6, 6.07) is -1.17. The summed E-state index contributed by atoms with van der Waals surface area (Å²) in [7, 11) is 0. The molecule has 0 radical (unpaired) electrons. The lowest BCUT2D eigenvalue weighted by atomic mass is 9.90. The highest BCUT2D eigenvalue weighted by Gasteiger charge is 2.24. The molecule has 1 aliphatic carbocycles. The average molecular weight is 243 g/mol. The van der Waals surface area contributed by atoms with E-state index in [0.717, 1.165) is 38.5 Å². The van der Waals surface area contributed by atoms with E-state index in [2.05, 4.69) is 5.32 Å². The Hall–Kier alpha value is -1.10. The van der Waals surface area contributed by atoms with Crippen LogP contribution < -0.4 is 5.32 Å². The molecule has 98 valence electrons. The molecule has 1 saturated carbocycles. The number of amides is 1. The van der Waals surface area contributed by atoms with Gasteiger partial charge in [-0.15, -0.1) is 0 Å². The van der Waals surface area contributed by atoms with Gasteiger partial charge in [-0.05, 0) is 12.8 Å². The number of aliphatic hydroxyl groups is 1. The maximum Gasteiger partial charge on any atom is 0.328 e. The molecule has 0 heterocycles. The molecule has 1 aliphatic rings. The van der Waals surface area contributed by atoms with Crippen LogP contribution in [0.1, 0.15) is 44.9 Å². The van der Waals surface area contributed by atoms with Crippen molar-refractivity contribution < 1.29 is 19.8 Å². The summed E-state index contributed by atoms with van der Waals surface area (Å²) in [5.74, 6) is -1.51. The van der Waals surface area contributed by atoms with Crippen molar-refractivity contribution in [3.63, 3.8) is 0 Å². The van der Waals surface area contributed by atoms with E-state index < -0.39 is 18.6 Å². The lowest BCUT2D eigenvalue weighted by Gasteiger charge is -2.21. The average Bonchev–Trinajstić information content (AvgIpc) is 2.24. The van der Waals surface area contributed by atoms with Gasteiger partial charge in [-0.1, -0.05) is 32.1 Å². The Morgan fingerprint density at radius 2 is 1.65 bits per heavy atom. The van der Waals surface area contributed by atoms with Gasteiger partial charge in [-0.25, -0.2) is 4.79 Å². The van der Waals surface area contributed by atoms with Crippen LogP contribution in [-0.4, -0.2) is 34.7 Å². The van der Waals surface area contributed by atoms with E-state index in [4.69, 9.17) is 10.2 Å². The lowest BCUT2D eigenvalue weighted by Crippen LogP contribution is -2.45. The number of hydrogen-bond acceptors (Lipinski definition) is 3. The van der Waals surface area contributed by atoms with Crippen molar-refractivity contribution in [1.29, 1.82) is 0 Å². The van der Waals surface area contributed by atoms with Gasteiger partial charge in [-0.3, -0.25) is 4.79 Å². The molecule has 0 unspecified atom stereocenters. The number of carbonyl (C=O) groups is 2. The number of nitrogens with one attached hydrogen (secondary N) is 1. The number of carbonyl (C=O) groups excluding carboxylic acids is 1.